The number of halogens is 1. The molecule has 1 unspecified atom stereocenters. The van der Waals surface area contributed by atoms with Crippen LogP contribution in [0.25, 0.3) is 22.4 Å². The first-order chi connectivity index (χ1) is 13.1. The number of nitrogens with one attached hydrogen (secondary N) is 2. The number of aryl methyl sites for hydroxylation is 1. The first-order valence-electron chi connectivity index (χ1n) is 9.13. The highest BCUT2D eigenvalue weighted by molar-refractivity contribution is 6.07. The summed E-state index contributed by atoms with van der Waals surface area (Å²) in [6.07, 6.45) is 2.23. The Kier molecular flexibility index (Phi) is 4.85. The smallest absolute Gasteiger partial charge is 0.259 e. The zero-order valence-corrected chi connectivity index (χ0v) is 15.1. The molecule has 0 saturated carbocycles. The van der Waals surface area contributed by atoms with Crippen LogP contribution in [0.3, 0.4) is 0 Å². The number of piperidine rings is 1. The van der Waals surface area contributed by atoms with E-state index < -0.39 is 0 Å². The lowest BCUT2D eigenvalue weighted by molar-refractivity contribution is 0.0946. The number of benzene rings is 1. The fourth-order valence-electron chi connectivity index (χ4n) is 3.47. The molecule has 1 fully saturated rings. The number of pyridine rings is 1. The van der Waals surface area contributed by atoms with Crippen LogP contribution in [0.2, 0.25) is 0 Å². The summed E-state index contributed by atoms with van der Waals surface area (Å²) in [6, 6.07) is 7.70. The van der Waals surface area contributed by atoms with Gasteiger partial charge in [0.15, 0.2) is 0 Å². The van der Waals surface area contributed by atoms with Crippen molar-refractivity contribution in [3.8, 4) is 11.3 Å². The molecule has 1 aliphatic rings. The van der Waals surface area contributed by atoms with Crippen LogP contribution >= 0.6 is 0 Å². The van der Waals surface area contributed by atoms with E-state index in [-0.39, 0.29) is 11.7 Å². The van der Waals surface area contributed by atoms with Gasteiger partial charge in [-0.1, -0.05) is 5.16 Å². The highest BCUT2D eigenvalue weighted by Gasteiger charge is 2.21. The Morgan fingerprint density at radius 2 is 2.19 bits per heavy atom. The van der Waals surface area contributed by atoms with Crippen molar-refractivity contribution in [2.45, 2.75) is 19.8 Å². The van der Waals surface area contributed by atoms with Crippen LogP contribution in [0.1, 0.15) is 28.9 Å². The predicted octanol–water partition coefficient (Wildman–Crippen LogP) is 3.07. The molecule has 1 aromatic carbocycles. The summed E-state index contributed by atoms with van der Waals surface area (Å²) < 4.78 is 18.5. The summed E-state index contributed by atoms with van der Waals surface area (Å²) in [4.78, 5) is 17.3. The molecule has 140 valence electrons. The van der Waals surface area contributed by atoms with Crippen molar-refractivity contribution >= 4 is 17.0 Å². The fourth-order valence-corrected chi connectivity index (χ4v) is 3.47. The van der Waals surface area contributed by atoms with E-state index in [2.05, 4.69) is 20.8 Å². The summed E-state index contributed by atoms with van der Waals surface area (Å²) in [7, 11) is 0. The molecule has 1 saturated heterocycles. The minimum atomic E-state index is -0.325. The molecule has 6 nitrogen and oxygen atoms in total. The van der Waals surface area contributed by atoms with Gasteiger partial charge in [0.2, 0.25) is 0 Å². The van der Waals surface area contributed by atoms with E-state index in [0.29, 0.717) is 46.1 Å². The lowest BCUT2D eigenvalue weighted by atomic mass is 9.99. The third kappa shape index (κ3) is 3.68. The minimum absolute atomic E-state index is 0.178. The summed E-state index contributed by atoms with van der Waals surface area (Å²) in [5.41, 5.74) is 2.65. The van der Waals surface area contributed by atoms with Crippen molar-refractivity contribution in [2.75, 3.05) is 19.6 Å². The Labute approximate surface area is 156 Å². The number of fused-ring (bicyclic) bond motifs is 1. The molecule has 4 rings (SSSR count). The number of hydrogen-bond acceptors (Lipinski definition) is 5. The normalized spacial score (nSPS) is 17.2. The second kappa shape index (κ2) is 7.44. The van der Waals surface area contributed by atoms with Gasteiger partial charge in [-0.15, -0.1) is 0 Å². The first kappa shape index (κ1) is 17.6. The standard InChI is InChI=1S/C20H21FN4O2/c1-12-18-16(19(26)23-11-13-3-2-8-22-10-13)9-17(24-20(18)27-25-12)14-4-6-15(21)7-5-14/h4-7,9,13,22H,2-3,8,10-11H2,1H3,(H,23,26). The van der Waals surface area contributed by atoms with Crippen LogP contribution in [0.4, 0.5) is 4.39 Å². The van der Waals surface area contributed by atoms with Crippen LogP contribution in [0.5, 0.6) is 0 Å². The van der Waals surface area contributed by atoms with Crippen LogP contribution in [-0.4, -0.2) is 35.7 Å². The van der Waals surface area contributed by atoms with Gasteiger partial charge in [-0.2, -0.15) is 0 Å². The maximum Gasteiger partial charge on any atom is 0.259 e. The predicted molar refractivity (Wildman–Crippen MR) is 99.9 cm³/mol. The molecule has 7 heteroatoms. The van der Waals surface area contributed by atoms with Crippen LogP contribution in [-0.2, 0) is 0 Å². The van der Waals surface area contributed by atoms with Crippen molar-refractivity contribution in [3.05, 3.63) is 47.4 Å². The molecule has 3 aromatic rings. The van der Waals surface area contributed by atoms with E-state index in [4.69, 9.17) is 4.52 Å². The monoisotopic (exact) mass is 368 g/mol. The third-order valence-corrected chi connectivity index (χ3v) is 4.95. The van der Waals surface area contributed by atoms with Crippen molar-refractivity contribution in [3.63, 3.8) is 0 Å². The number of carbonyl (C=O) groups excluding carboxylic acids is 1. The second-order valence-corrected chi connectivity index (χ2v) is 6.93. The molecule has 0 radical (unpaired) electrons. The van der Waals surface area contributed by atoms with Crippen LogP contribution in [0, 0.1) is 18.7 Å². The fraction of sp³-hybridized carbons (Fsp3) is 0.350. The third-order valence-electron chi connectivity index (χ3n) is 4.95. The number of carbonyl (C=O) groups is 1. The zero-order chi connectivity index (χ0) is 18.8. The molecular weight excluding hydrogens is 347 g/mol. The molecule has 27 heavy (non-hydrogen) atoms. The SMILES string of the molecule is Cc1noc2nc(-c3ccc(F)cc3)cc(C(=O)NCC3CCCNC3)c12. The van der Waals surface area contributed by atoms with Crippen LogP contribution < -0.4 is 10.6 Å². The van der Waals surface area contributed by atoms with E-state index in [0.717, 1.165) is 25.9 Å². The molecule has 1 atom stereocenters. The van der Waals surface area contributed by atoms with E-state index >= 15 is 0 Å². The Hall–Kier alpha value is -2.80. The second-order valence-electron chi connectivity index (χ2n) is 6.93. The first-order valence-corrected chi connectivity index (χ1v) is 9.13. The molecular formula is C20H21FN4O2. The summed E-state index contributed by atoms with van der Waals surface area (Å²) in [6.45, 7) is 4.36. The van der Waals surface area contributed by atoms with Crippen molar-refractivity contribution < 1.29 is 13.7 Å². The molecule has 1 aliphatic heterocycles. The maximum atomic E-state index is 13.2. The lowest BCUT2D eigenvalue weighted by Crippen LogP contribution is -2.38. The van der Waals surface area contributed by atoms with E-state index in [1.807, 2.05) is 0 Å². The van der Waals surface area contributed by atoms with Crippen molar-refractivity contribution in [2.24, 2.45) is 5.92 Å². The number of rotatable bonds is 4. The van der Waals surface area contributed by atoms with E-state index in [1.165, 1.54) is 12.1 Å². The maximum absolute atomic E-state index is 13.2. The number of hydrogen-bond donors (Lipinski definition) is 2. The van der Waals surface area contributed by atoms with Gasteiger partial charge >= 0.3 is 0 Å². The van der Waals surface area contributed by atoms with E-state index in [1.54, 1.807) is 25.1 Å². The summed E-state index contributed by atoms with van der Waals surface area (Å²) in [5, 5.41) is 10.9. The highest BCUT2D eigenvalue weighted by atomic mass is 19.1. The van der Waals surface area contributed by atoms with Gasteiger partial charge in [0, 0.05) is 12.1 Å². The van der Waals surface area contributed by atoms with Gasteiger partial charge in [-0.25, -0.2) is 9.37 Å². The van der Waals surface area contributed by atoms with E-state index in [9.17, 15) is 9.18 Å². The Morgan fingerprint density at radius 3 is 2.93 bits per heavy atom. The van der Waals surface area contributed by atoms with Crippen molar-refractivity contribution in [1.29, 1.82) is 0 Å². The molecule has 3 heterocycles. The van der Waals surface area contributed by atoms with Gasteiger partial charge in [0.05, 0.1) is 22.3 Å². The zero-order valence-electron chi connectivity index (χ0n) is 15.1. The van der Waals surface area contributed by atoms with Gasteiger partial charge in [0.25, 0.3) is 11.6 Å². The molecule has 0 spiro atoms. The lowest BCUT2D eigenvalue weighted by Gasteiger charge is -2.22. The topological polar surface area (TPSA) is 80.0 Å². The Morgan fingerprint density at radius 1 is 1.37 bits per heavy atom. The molecule has 2 N–H and O–H groups in total. The molecule has 2 aromatic heterocycles. The molecule has 1 amide bonds. The van der Waals surface area contributed by atoms with Gasteiger partial charge in [0.1, 0.15) is 5.82 Å². The summed E-state index contributed by atoms with van der Waals surface area (Å²) in [5.74, 6) is -0.0720. The average Bonchev–Trinajstić information content (AvgIpc) is 3.08. The average molecular weight is 368 g/mol. The van der Waals surface area contributed by atoms with Gasteiger partial charge in [-0.05, 0) is 69.1 Å². The number of nitrogens with zero attached hydrogens (tertiary/aromatic N) is 2. The largest absolute Gasteiger partial charge is 0.352 e. The number of aromatic nitrogens is 2. The van der Waals surface area contributed by atoms with Gasteiger partial charge in [-0.3, -0.25) is 4.79 Å². The summed E-state index contributed by atoms with van der Waals surface area (Å²) >= 11 is 0. The Bertz CT molecular complexity index is 962. The van der Waals surface area contributed by atoms with Gasteiger partial charge < -0.3 is 15.2 Å². The van der Waals surface area contributed by atoms with Crippen LogP contribution in [0.15, 0.2) is 34.9 Å². The minimum Gasteiger partial charge on any atom is -0.352 e. The highest BCUT2D eigenvalue weighted by Crippen LogP contribution is 2.27. The van der Waals surface area contributed by atoms with Crippen molar-refractivity contribution in [1.82, 2.24) is 20.8 Å². The number of amides is 1. The quantitative estimate of drug-likeness (QED) is 0.740. The molecule has 0 aliphatic carbocycles. The molecule has 0 bridgehead atoms. The Balaban J connectivity index is 1.66.